The Morgan fingerprint density at radius 3 is 2.86 bits per heavy atom. The third kappa shape index (κ3) is 7.29. The second-order valence-corrected chi connectivity index (χ2v) is 5.70. The standard InChI is InChI=1S/C17H30N4O/c1-5-6-12-22-16-15(8-7-10-19-16)13-21-17(18-4)20-11-9-14(2)3/h7-8,10,14H,5-6,9,11-13H2,1-4H3,(H2,18,20,21). The highest BCUT2D eigenvalue weighted by atomic mass is 16.5. The molecule has 1 heterocycles. The van der Waals surface area contributed by atoms with E-state index in [1.165, 1.54) is 0 Å². The zero-order valence-corrected chi connectivity index (χ0v) is 14.4. The van der Waals surface area contributed by atoms with Crippen LogP contribution in [0.25, 0.3) is 0 Å². The number of pyridine rings is 1. The molecule has 0 saturated carbocycles. The van der Waals surface area contributed by atoms with Gasteiger partial charge in [0.25, 0.3) is 0 Å². The summed E-state index contributed by atoms with van der Waals surface area (Å²) in [6, 6.07) is 3.96. The number of hydrogen-bond acceptors (Lipinski definition) is 3. The molecule has 0 fully saturated rings. The summed E-state index contributed by atoms with van der Waals surface area (Å²) in [5.74, 6) is 2.20. The summed E-state index contributed by atoms with van der Waals surface area (Å²) >= 11 is 0. The van der Waals surface area contributed by atoms with E-state index in [-0.39, 0.29) is 0 Å². The lowest BCUT2D eigenvalue weighted by atomic mass is 10.1. The van der Waals surface area contributed by atoms with Crippen molar-refractivity contribution < 1.29 is 4.74 Å². The van der Waals surface area contributed by atoms with Crippen LogP contribution in [0.15, 0.2) is 23.3 Å². The summed E-state index contributed by atoms with van der Waals surface area (Å²) < 4.78 is 5.74. The van der Waals surface area contributed by atoms with Crippen molar-refractivity contribution >= 4 is 5.96 Å². The topological polar surface area (TPSA) is 58.5 Å². The van der Waals surface area contributed by atoms with Gasteiger partial charge in [0.05, 0.1) is 6.61 Å². The van der Waals surface area contributed by atoms with Gasteiger partial charge in [0.15, 0.2) is 5.96 Å². The van der Waals surface area contributed by atoms with Crippen molar-refractivity contribution in [3.05, 3.63) is 23.9 Å². The molecular weight excluding hydrogens is 276 g/mol. The number of aliphatic imine (C=N–C) groups is 1. The predicted molar refractivity (Wildman–Crippen MR) is 92.3 cm³/mol. The van der Waals surface area contributed by atoms with Gasteiger partial charge in [0, 0.05) is 31.9 Å². The normalized spacial score (nSPS) is 11.6. The van der Waals surface area contributed by atoms with Gasteiger partial charge in [0.1, 0.15) is 0 Å². The van der Waals surface area contributed by atoms with E-state index in [4.69, 9.17) is 4.74 Å². The Bertz CT molecular complexity index is 446. The zero-order valence-electron chi connectivity index (χ0n) is 14.4. The Labute approximate surface area is 134 Å². The second-order valence-electron chi connectivity index (χ2n) is 5.70. The highest BCUT2D eigenvalue weighted by Crippen LogP contribution is 2.14. The Balaban J connectivity index is 2.48. The monoisotopic (exact) mass is 306 g/mol. The molecular formula is C17H30N4O. The first-order valence-electron chi connectivity index (χ1n) is 8.18. The summed E-state index contributed by atoms with van der Waals surface area (Å²) in [7, 11) is 1.78. The first-order chi connectivity index (χ1) is 10.7. The van der Waals surface area contributed by atoms with Gasteiger partial charge < -0.3 is 15.4 Å². The zero-order chi connectivity index (χ0) is 16.2. The number of nitrogens with zero attached hydrogens (tertiary/aromatic N) is 2. The van der Waals surface area contributed by atoms with Crippen molar-refractivity contribution in [1.29, 1.82) is 0 Å². The lowest BCUT2D eigenvalue weighted by molar-refractivity contribution is 0.294. The van der Waals surface area contributed by atoms with Crippen LogP contribution in [0.3, 0.4) is 0 Å². The number of hydrogen-bond donors (Lipinski definition) is 2. The molecule has 0 aliphatic heterocycles. The number of nitrogens with one attached hydrogen (secondary N) is 2. The van der Waals surface area contributed by atoms with Crippen molar-refractivity contribution in [3.8, 4) is 5.88 Å². The quantitative estimate of drug-likeness (QED) is 0.418. The second kappa shape index (κ2) is 10.9. The van der Waals surface area contributed by atoms with E-state index in [1.807, 2.05) is 12.1 Å². The molecule has 0 saturated heterocycles. The number of aromatic nitrogens is 1. The number of rotatable bonds is 9. The average Bonchev–Trinajstić information content (AvgIpc) is 2.51. The van der Waals surface area contributed by atoms with Crippen LogP contribution in [0.2, 0.25) is 0 Å². The van der Waals surface area contributed by atoms with Gasteiger partial charge in [-0.2, -0.15) is 0 Å². The van der Waals surface area contributed by atoms with Crippen LogP contribution in [0.1, 0.15) is 45.6 Å². The van der Waals surface area contributed by atoms with Crippen LogP contribution in [0.5, 0.6) is 5.88 Å². The third-order valence-corrected chi connectivity index (χ3v) is 3.27. The van der Waals surface area contributed by atoms with Crippen LogP contribution in [-0.2, 0) is 6.54 Å². The largest absolute Gasteiger partial charge is 0.477 e. The molecule has 1 rings (SSSR count). The fourth-order valence-electron chi connectivity index (χ4n) is 1.88. The van der Waals surface area contributed by atoms with E-state index in [0.717, 1.165) is 37.3 Å². The molecule has 5 nitrogen and oxygen atoms in total. The highest BCUT2D eigenvalue weighted by Gasteiger charge is 2.06. The molecule has 0 atom stereocenters. The molecule has 124 valence electrons. The smallest absolute Gasteiger partial charge is 0.218 e. The minimum absolute atomic E-state index is 0.649. The Hall–Kier alpha value is -1.78. The molecule has 1 aromatic heterocycles. The van der Waals surface area contributed by atoms with Crippen LogP contribution in [0.4, 0.5) is 0 Å². The fourth-order valence-corrected chi connectivity index (χ4v) is 1.88. The maximum absolute atomic E-state index is 5.74. The Morgan fingerprint density at radius 1 is 1.36 bits per heavy atom. The minimum atomic E-state index is 0.649. The lowest BCUT2D eigenvalue weighted by Gasteiger charge is -2.14. The van der Waals surface area contributed by atoms with E-state index < -0.39 is 0 Å². The van der Waals surface area contributed by atoms with E-state index in [1.54, 1.807) is 13.2 Å². The Morgan fingerprint density at radius 2 is 2.18 bits per heavy atom. The van der Waals surface area contributed by atoms with Gasteiger partial charge in [-0.1, -0.05) is 33.3 Å². The van der Waals surface area contributed by atoms with Crippen molar-refractivity contribution in [3.63, 3.8) is 0 Å². The van der Waals surface area contributed by atoms with Crippen LogP contribution in [-0.4, -0.2) is 31.1 Å². The molecule has 0 bridgehead atoms. The summed E-state index contributed by atoms with van der Waals surface area (Å²) in [5.41, 5.74) is 1.05. The van der Waals surface area contributed by atoms with Crippen LogP contribution in [0, 0.1) is 5.92 Å². The predicted octanol–water partition coefficient (Wildman–Crippen LogP) is 2.97. The van der Waals surface area contributed by atoms with Crippen molar-refractivity contribution in [2.45, 2.75) is 46.6 Å². The first kappa shape index (κ1) is 18.3. The van der Waals surface area contributed by atoms with Crippen LogP contribution >= 0.6 is 0 Å². The van der Waals surface area contributed by atoms with Gasteiger partial charge in [-0.25, -0.2) is 4.98 Å². The Kier molecular flexibility index (Phi) is 9.03. The fraction of sp³-hybridized carbons (Fsp3) is 0.647. The molecule has 0 aromatic carbocycles. The molecule has 0 aliphatic carbocycles. The summed E-state index contributed by atoms with van der Waals surface area (Å²) in [6.07, 6.45) is 5.05. The van der Waals surface area contributed by atoms with Gasteiger partial charge in [-0.05, 0) is 24.8 Å². The molecule has 2 N–H and O–H groups in total. The molecule has 0 unspecified atom stereocenters. The lowest BCUT2D eigenvalue weighted by Crippen LogP contribution is -2.37. The molecule has 22 heavy (non-hydrogen) atoms. The SMILES string of the molecule is CCCCOc1ncccc1CNC(=NC)NCCC(C)C. The summed E-state index contributed by atoms with van der Waals surface area (Å²) in [4.78, 5) is 8.56. The van der Waals surface area contributed by atoms with E-state index in [2.05, 4.69) is 41.4 Å². The third-order valence-electron chi connectivity index (χ3n) is 3.27. The molecule has 0 spiro atoms. The molecule has 0 aliphatic rings. The number of ether oxygens (including phenoxy) is 1. The average molecular weight is 306 g/mol. The van der Waals surface area contributed by atoms with Crippen molar-refractivity contribution in [1.82, 2.24) is 15.6 Å². The van der Waals surface area contributed by atoms with Crippen LogP contribution < -0.4 is 15.4 Å². The summed E-state index contributed by atoms with van der Waals surface area (Å²) in [6.45, 7) is 8.86. The van der Waals surface area contributed by atoms with Gasteiger partial charge in [-0.15, -0.1) is 0 Å². The molecule has 1 aromatic rings. The van der Waals surface area contributed by atoms with E-state index in [0.29, 0.717) is 24.9 Å². The van der Waals surface area contributed by atoms with Gasteiger partial charge in [0.2, 0.25) is 5.88 Å². The maximum atomic E-state index is 5.74. The molecule has 0 amide bonds. The first-order valence-corrected chi connectivity index (χ1v) is 8.18. The summed E-state index contributed by atoms with van der Waals surface area (Å²) in [5, 5.41) is 6.63. The van der Waals surface area contributed by atoms with Crippen molar-refractivity contribution in [2.24, 2.45) is 10.9 Å². The van der Waals surface area contributed by atoms with Crippen molar-refractivity contribution in [2.75, 3.05) is 20.2 Å². The van der Waals surface area contributed by atoms with E-state index in [9.17, 15) is 0 Å². The highest BCUT2D eigenvalue weighted by molar-refractivity contribution is 5.79. The maximum Gasteiger partial charge on any atom is 0.218 e. The molecule has 0 radical (unpaired) electrons. The van der Waals surface area contributed by atoms with E-state index >= 15 is 0 Å². The number of unbranched alkanes of at least 4 members (excludes halogenated alkanes) is 1. The van der Waals surface area contributed by atoms with Gasteiger partial charge >= 0.3 is 0 Å². The number of guanidine groups is 1. The molecule has 5 heteroatoms. The minimum Gasteiger partial charge on any atom is -0.477 e. The van der Waals surface area contributed by atoms with Gasteiger partial charge in [-0.3, -0.25) is 4.99 Å².